The lowest BCUT2D eigenvalue weighted by atomic mass is 9.44. The molecule has 11 atom stereocenters. The molecular weight excluding hydrogens is 448 g/mol. The Labute approximate surface area is 220 Å². The Balaban J connectivity index is 1.16. The lowest BCUT2D eigenvalue weighted by Gasteiger charge is -2.61. The molecule has 0 aromatic rings. The molecule has 2 aliphatic heterocycles. The molecule has 4 aliphatic carbocycles. The van der Waals surface area contributed by atoms with Gasteiger partial charge in [-0.05, 0) is 125 Å². The van der Waals surface area contributed by atoms with Gasteiger partial charge in [-0.2, -0.15) is 0 Å². The van der Waals surface area contributed by atoms with Crippen molar-refractivity contribution in [3.63, 3.8) is 0 Å². The standard InChI is InChI=1S/C32H52O4/c1-7-29(3,4)28(33)35-22-12-15-30(5)21(18-22)10-11-23-24(30)13-16-31(6)25(23)19-26-27(31)20(2)32(36-26)14-8-9-17-34-32/h20-27H,7-19H2,1-6H3/t20?,21?,22-,23?,24?,25?,26?,27?,30?,31?,32+/m0/s1. The van der Waals surface area contributed by atoms with E-state index in [-0.39, 0.29) is 23.3 Å². The molecule has 1 spiro atoms. The Morgan fingerprint density at radius 3 is 2.47 bits per heavy atom. The van der Waals surface area contributed by atoms with Crippen molar-refractivity contribution in [3.8, 4) is 0 Å². The van der Waals surface area contributed by atoms with Gasteiger partial charge in [0.05, 0.1) is 18.1 Å². The fourth-order valence-corrected chi connectivity index (χ4v) is 10.7. The minimum atomic E-state index is -0.368. The molecule has 4 heteroatoms. The van der Waals surface area contributed by atoms with Crippen LogP contribution in [0.2, 0.25) is 0 Å². The van der Waals surface area contributed by atoms with Crippen molar-refractivity contribution in [3.05, 3.63) is 0 Å². The van der Waals surface area contributed by atoms with Gasteiger partial charge in [0.2, 0.25) is 0 Å². The first-order valence-electron chi connectivity index (χ1n) is 15.6. The second-order valence-corrected chi connectivity index (χ2v) is 15.1. The lowest BCUT2D eigenvalue weighted by Crippen LogP contribution is -2.55. The van der Waals surface area contributed by atoms with Gasteiger partial charge in [0.15, 0.2) is 5.79 Å². The molecule has 9 unspecified atom stereocenters. The van der Waals surface area contributed by atoms with Crippen LogP contribution in [-0.2, 0) is 19.0 Å². The van der Waals surface area contributed by atoms with Crippen molar-refractivity contribution >= 4 is 5.97 Å². The summed E-state index contributed by atoms with van der Waals surface area (Å²) in [6, 6.07) is 0. The van der Waals surface area contributed by atoms with Crippen LogP contribution in [0.4, 0.5) is 0 Å². The molecule has 0 bridgehead atoms. The van der Waals surface area contributed by atoms with Gasteiger partial charge < -0.3 is 14.2 Å². The van der Waals surface area contributed by atoms with Crippen molar-refractivity contribution in [2.24, 2.45) is 51.8 Å². The summed E-state index contributed by atoms with van der Waals surface area (Å²) in [5, 5.41) is 0. The molecule has 6 rings (SSSR count). The zero-order valence-corrected chi connectivity index (χ0v) is 23.9. The number of carbonyl (C=O) groups is 1. The van der Waals surface area contributed by atoms with Crippen LogP contribution in [-0.4, -0.2) is 30.6 Å². The number of hydrogen-bond acceptors (Lipinski definition) is 4. The Kier molecular flexibility index (Phi) is 6.20. The summed E-state index contributed by atoms with van der Waals surface area (Å²) in [5.74, 6) is 4.06. The van der Waals surface area contributed by atoms with E-state index in [9.17, 15) is 4.79 Å². The maximum atomic E-state index is 12.8. The van der Waals surface area contributed by atoms with Crippen LogP contribution >= 0.6 is 0 Å². The number of rotatable bonds is 3. The van der Waals surface area contributed by atoms with Crippen LogP contribution in [0.5, 0.6) is 0 Å². The van der Waals surface area contributed by atoms with E-state index in [0.29, 0.717) is 34.7 Å². The van der Waals surface area contributed by atoms with E-state index in [0.717, 1.165) is 50.0 Å². The van der Waals surface area contributed by atoms with Gasteiger partial charge in [-0.25, -0.2) is 0 Å². The highest BCUT2D eigenvalue weighted by Gasteiger charge is 2.69. The van der Waals surface area contributed by atoms with Crippen molar-refractivity contribution in [2.45, 2.75) is 137 Å². The quantitative estimate of drug-likeness (QED) is 0.376. The number of hydrogen-bond donors (Lipinski definition) is 0. The summed E-state index contributed by atoms with van der Waals surface area (Å²) in [5.41, 5.74) is 0.440. The third kappa shape index (κ3) is 3.62. The monoisotopic (exact) mass is 500 g/mol. The molecule has 0 amide bonds. The maximum Gasteiger partial charge on any atom is 0.311 e. The molecule has 2 saturated heterocycles. The summed E-state index contributed by atoms with van der Waals surface area (Å²) in [4.78, 5) is 12.8. The molecule has 6 fully saturated rings. The summed E-state index contributed by atoms with van der Waals surface area (Å²) in [6.07, 6.45) is 14.9. The van der Waals surface area contributed by atoms with E-state index >= 15 is 0 Å². The molecule has 0 N–H and O–H groups in total. The normalized spacial score (nSPS) is 52.3. The molecule has 4 nitrogen and oxygen atoms in total. The van der Waals surface area contributed by atoms with Crippen molar-refractivity contribution in [2.75, 3.05) is 6.61 Å². The second kappa shape index (κ2) is 8.70. The Bertz CT molecular complexity index is 860. The number of esters is 1. The highest BCUT2D eigenvalue weighted by molar-refractivity contribution is 5.76. The maximum absolute atomic E-state index is 12.8. The summed E-state index contributed by atoms with van der Waals surface area (Å²) < 4.78 is 19.4. The zero-order valence-electron chi connectivity index (χ0n) is 23.9. The third-order valence-electron chi connectivity index (χ3n) is 13.3. The third-order valence-corrected chi connectivity index (χ3v) is 13.3. The molecule has 2 heterocycles. The largest absolute Gasteiger partial charge is 0.462 e. The van der Waals surface area contributed by atoms with E-state index in [4.69, 9.17) is 14.2 Å². The average molecular weight is 501 g/mol. The molecule has 0 aromatic carbocycles. The van der Waals surface area contributed by atoms with Gasteiger partial charge in [-0.3, -0.25) is 4.79 Å². The van der Waals surface area contributed by atoms with Crippen LogP contribution in [0.1, 0.15) is 119 Å². The van der Waals surface area contributed by atoms with Crippen LogP contribution in [0.25, 0.3) is 0 Å². The van der Waals surface area contributed by atoms with Crippen LogP contribution < -0.4 is 0 Å². The average Bonchev–Trinajstić information content (AvgIpc) is 3.29. The van der Waals surface area contributed by atoms with Gasteiger partial charge in [-0.1, -0.05) is 27.7 Å². The molecule has 0 aromatic heterocycles. The first-order chi connectivity index (χ1) is 17.0. The topological polar surface area (TPSA) is 44.8 Å². The predicted octanol–water partition coefficient (Wildman–Crippen LogP) is 7.53. The molecule has 36 heavy (non-hydrogen) atoms. The minimum absolute atomic E-state index is 0.00653. The van der Waals surface area contributed by atoms with Gasteiger partial charge >= 0.3 is 5.97 Å². The smallest absolute Gasteiger partial charge is 0.311 e. The zero-order chi connectivity index (χ0) is 25.5. The number of carbonyl (C=O) groups excluding carboxylic acids is 1. The van der Waals surface area contributed by atoms with E-state index < -0.39 is 0 Å². The SMILES string of the molecule is CCC(C)(C)C(=O)O[C@H]1CCC2(C)C(CCC3C2CCC2(C)C3CC3O[C@]4(CCCCO4)C(C)C32)C1. The fourth-order valence-electron chi connectivity index (χ4n) is 10.7. The van der Waals surface area contributed by atoms with Crippen molar-refractivity contribution in [1.29, 1.82) is 0 Å². The predicted molar refractivity (Wildman–Crippen MR) is 141 cm³/mol. The lowest BCUT2D eigenvalue weighted by molar-refractivity contribution is -0.265. The van der Waals surface area contributed by atoms with Gasteiger partial charge in [0.1, 0.15) is 6.10 Å². The molecule has 0 radical (unpaired) electrons. The van der Waals surface area contributed by atoms with Crippen LogP contribution in [0, 0.1) is 51.8 Å². The van der Waals surface area contributed by atoms with E-state index in [1.807, 2.05) is 13.8 Å². The van der Waals surface area contributed by atoms with Gasteiger partial charge in [0, 0.05) is 12.3 Å². The summed E-state index contributed by atoms with van der Waals surface area (Å²) >= 11 is 0. The Hall–Kier alpha value is -0.610. The van der Waals surface area contributed by atoms with Crippen molar-refractivity contribution in [1.82, 2.24) is 0 Å². The molecular formula is C32H52O4. The second-order valence-electron chi connectivity index (χ2n) is 15.1. The van der Waals surface area contributed by atoms with Crippen LogP contribution in [0.15, 0.2) is 0 Å². The van der Waals surface area contributed by atoms with Crippen LogP contribution in [0.3, 0.4) is 0 Å². The molecule has 204 valence electrons. The van der Waals surface area contributed by atoms with Gasteiger partial charge in [-0.15, -0.1) is 0 Å². The highest BCUT2D eigenvalue weighted by atomic mass is 16.7. The summed E-state index contributed by atoms with van der Waals surface area (Å²) in [7, 11) is 0. The fraction of sp³-hybridized carbons (Fsp3) is 0.969. The minimum Gasteiger partial charge on any atom is -0.462 e. The van der Waals surface area contributed by atoms with E-state index in [1.54, 1.807) is 0 Å². The van der Waals surface area contributed by atoms with E-state index in [2.05, 4.69) is 27.7 Å². The summed E-state index contributed by atoms with van der Waals surface area (Å²) in [6.45, 7) is 14.7. The first-order valence-corrected chi connectivity index (χ1v) is 15.6. The number of fused-ring (bicyclic) bond motifs is 7. The van der Waals surface area contributed by atoms with Gasteiger partial charge in [0.25, 0.3) is 0 Å². The molecule has 6 aliphatic rings. The first kappa shape index (κ1) is 25.7. The Morgan fingerprint density at radius 1 is 0.972 bits per heavy atom. The van der Waals surface area contributed by atoms with Crippen molar-refractivity contribution < 1.29 is 19.0 Å². The Morgan fingerprint density at radius 2 is 1.75 bits per heavy atom. The number of ether oxygens (including phenoxy) is 3. The van der Waals surface area contributed by atoms with E-state index in [1.165, 1.54) is 51.4 Å². The molecule has 4 saturated carbocycles. The highest BCUT2D eigenvalue weighted by Crippen LogP contribution is 2.71.